The molecule has 0 aromatic rings. The zero-order chi connectivity index (χ0) is 12.8. The normalized spacial score (nSPS) is 22.1. The number of methoxy groups -OCH3 is 1. The quantitative estimate of drug-likeness (QED) is 0.668. The van der Waals surface area contributed by atoms with E-state index in [9.17, 15) is 9.59 Å². The lowest BCUT2D eigenvalue weighted by atomic mass is 10.1. The predicted octanol–water partition coefficient (Wildman–Crippen LogP) is -0.615. The van der Waals surface area contributed by atoms with Gasteiger partial charge in [-0.25, -0.2) is 4.79 Å². The lowest BCUT2D eigenvalue weighted by Crippen LogP contribution is -2.59. The van der Waals surface area contributed by atoms with E-state index in [2.05, 4.69) is 5.32 Å². The van der Waals surface area contributed by atoms with Crippen LogP contribution in [0.25, 0.3) is 0 Å². The first-order chi connectivity index (χ1) is 8.11. The number of esters is 1. The predicted molar refractivity (Wildman–Crippen MR) is 61.5 cm³/mol. The summed E-state index contributed by atoms with van der Waals surface area (Å²) in [5.41, 5.74) is 0. The van der Waals surface area contributed by atoms with E-state index in [-0.39, 0.29) is 11.9 Å². The molecular formula is C11H20N2O4. The molecule has 1 aliphatic heterocycles. The van der Waals surface area contributed by atoms with Gasteiger partial charge >= 0.3 is 5.97 Å². The number of carbonyl (C=O) groups excluding carboxylic acids is 2. The molecule has 1 rings (SSSR count). The Labute approximate surface area is 101 Å². The molecule has 0 aromatic carbocycles. The highest BCUT2D eigenvalue weighted by molar-refractivity contribution is 5.87. The van der Waals surface area contributed by atoms with Gasteiger partial charge in [0.25, 0.3) is 5.91 Å². The largest absolute Gasteiger partial charge is 0.464 e. The van der Waals surface area contributed by atoms with Crippen molar-refractivity contribution in [2.45, 2.75) is 26.0 Å². The highest BCUT2D eigenvalue weighted by Gasteiger charge is 2.34. The average Bonchev–Trinajstić information content (AvgIpc) is 2.37. The number of amides is 1. The second-order valence-electron chi connectivity index (χ2n) is 3.88. The van der Waals surface area contributed by atoms with Gasteiger partial charge < -0.3 is 19.7 Å². The maximum atomic E-state index is 12.0. The van der Waals surface area contributed by atoms with Crippen molar-refractivity contribution >= 4 is 11.9 Å². The maximum Gasteiger partial charge on any atom is 0.330 e. The Bertz CT molecular complexity index is 283. The van der Waals surface area contributed by atoms with Crippen LogP contribution in [0.5, 0.6) is 0 Å². The monoisotopic (exact) mass is 244 g/mol. The van der Waals surface area contributed by atoms with Crippen molar-refractivity contribution < 1.29 is 19.1 Å². The maximum absolute atomic E-state index is 12.0. The van der Waals surface area contributed by atoms with Gasteiger partial charge in [-0.1, -0.05) is 0 Å². The number of hydrogen-bond acceptors (Lipinski definition) is 5. The fourth-order valence-electron chi connectivity index (χ4n) is 1.75. The number of ether oxygens (including phenoxy) is 2. The first kappa shape index (κ1) is 13.9. The molecule has 0 bridgehead atoms. The number of rotatable bonds is 4. The van der Waals surface area contributed by atoms with Gasteiger partial charge in [0.05, 0.1) is 6.61 Å². The fourth-order valence-corrected chi connectivity index (χ4v) is 1.75. The fraction of sp³-hybridized carbons (Fsp3) is 0.818. The molecule has 6 nitrogen and oxygen atoms in total. The zero-order valence-electron chi connectivity index (χ0n) is 10.6. The molecule has 98 valence electrons. The molecule has 1 N–H and O–H groups in total. The van der Waals surface area contributed by atoms with Gasteiger partial charge in [-0.3, -0.25) is 4.79 Å². The summed E-state index contributed by atoms with van der Waals surface area (Å²) in [7, 11) is 1.48. The minimum atomic E-state index is -0.547. The molecule has 0 aliphatic carbocycles. The van der Waals surface area contributed by atoms with E-state index >= 15 is 0 Å². The lowest BCUT2D eigenvalue weighted by molar-refractivity contribution is -0.159. The van der Waals surface area contributed by atoms with E-state index in [0.717, 1.165) is 0 Å². The molecule has 0 radical (unpaired) electrons. The lowest BCUT2D eigenvalue weighted by Gasteiger charge is -2.35. The van der Waals surface area contributed by atoms with Crippen LogP contribution in [0.15, 0.2) is 0 Å². The molecule has 1 aliphatic rings. The van der Waals surface area contributed by atoms with Gasteiger partial charge in [-0.15, -0.1) is 0 Å². The molecule has 1 fully saturated rings. The Morgan fingerprint density at radius 1 is 1.53 bits per heavy atom. The minimum absolute atomic E-state index is 0.174. The van der Waals surface area contributed by atoms with E-state index in [4.69, 9.17) is 9.47 Å². The van der Waals surface area contributed by atoms with Crippen molar-refractivity contribution in [3.8, 4) is 0 Å². The molecule has 17 heavy (non-hydrogen) atoms. The van der Waals surface area contributed by atoms with Crippen molar-refractivity contribution in [3.63, 3.8) is 0 Å². The van der Waals surface area contributed by atoms with Gasteiger partial charge in [0.15, 0.2) is 0 Å². The number of piperazine rings is 1. The molecule has 1 amide bonds. The summed E-state index contributed by atoms with van der Waals surface area (Å²) < 4.78 is 9.95. The summed E-state index contributed by atoms with van der Waals surface area (Å²) in [5, 5.41) is 3.08. The van der Waals surface area contributed by atoms with Crippen LogP contribution in [0.2, 0.25) is 0 Å². The van der Waals surface area contributed by atoms with Crippen LogP contribution < -0.4 is 5.32 Å². The van der Waals surface area contributed by atoms with Gasteiger partial charge in [-0.2, -0.15) is 0 Å². The second-order valence-corrected chi connectivity index (χ2v) is 3.88. The van der Waals surface area contributed by atoms with Crippen LogP contribution in [0.3, 0.4) is 0 Å². The molecule has 2 unspecified atom stereocenters. The van der Waals surface area contributed by atoms with Gasteiger partial charge in [0, 0.05) is 26.7 Å². The summed E-state index contributed by atoms with van der Waals surface area (Å²) in [5.74, 6) is -0.539. The molecule has 0 aromatic heterocycles. The molecule has 1 saturated heterocycles. The highest BCUT2D eigenvalue weighted by Crippen LogP contribution is 2.09. The second kappa shape index (κ2) is 6.56. The smallest absolute Gasteiger partial charge is 0.330 e. The summed E-state index contributed by atoms with van der Waals surface area (Å²) in [4.78, 5) is 25.3. The molecule has 1 heterocycles. The van der Waals surface area contributed by atoms with E-state index in [0.29, 0.717) is 26.2 Å². The van der Waals surface area contributed by atoms with Crippen LogP contribution >= 0.6 is 0 Å². The first-order valence-electron chi connectivity index (χ1n) is 5.82. The van der Waals surface area contributed by atoms with Crippen molar-refractivity contribution in [2.75, 3.05) is 33.4 Å². The highest BCUT2D eigenvalue weighted by atomic mass is 16.5. The van der Waals surface area contributed by atoms with E-state index in [1.165, 1.54) is 12.0 Å². The van der Waals surface area contributed by atoms with E-state index in [1.807, 2.05) is 0 Å². The third kappa shape index (κ3) is 3.41. The summed E-state index contributed by atoms with van der Waals surface area (Å²) >= 11 is 0. The third-order valence-electron chi connectivity index (χ3n) is 2.79. The summed E-state index contributed by atoms with van der Waals surface area (Å²) in [6.45, 7) is 5.34. The molecule has 0 spiro atoms. The first-order valence-corrected chi connectivity index (χ1v) is 5.82. The summed E-state index contributed by atoms with van der Waals surface area (Å²) in [6, 6.07) is -0.547. The molecule has 6 heteroatoms. The van der Waals surface area contributed by atoms with Crippen LogP contribution in [-0.2, 0) is 19.1 Å². The third-order valence-corrected chi connectivity index (χ3v) is 2.79. The minimum Gasteiger partial charge on any atom is -0.464 e. The van der Waals surface area contributed by atoms with E-state index in [1.54, 1.807) is 13.8 Å². The van der Waals surface area contributed by atoms with Crippen molar-refractivity contribution in [2.24, 2.45) is 0 Å². The Balaban J connectivity index is 2.71. The van der Waals surface area contributed by atoms with Crippen LogP contribution in [-0.4, -0.2) is 62.3 Å². The number of nitrogens with zero attached hydrogens (tertiary/aromatic N) is 1. The standard InChI is InChI=1S/C11H20N2O4/c1-4-17-11(15)9-7-12-5-6-13(9)10(14)8(2)16-3/h8-9,12H,4-7H2,1-3H3. The van der Waals surface area contributed by atoms with Gasteiger partial charge in [0.2, 0.25) is 0 Å². The zero-order valence-corrected chi connectivity index (χ0v) is 10.6. The Morgan fingerprint density at radius 3 is 2.82 bits per heavy atom. The topological polar surface area (TPSA) is 67.9 Å². The van der Waals surface area contributed by atoms with Gasteiger partial charge in [0.1, 0.15) is 12.1 Å². The van der Waals surface area contributed by atoms with Crippen molar-refractivity contribution in [1.82, 2.24) is 10.2 Å². The van der Waals surface area contributed by atoms with Crippen LogP contribution in [0.4, 0.5) is 0 Å². The average molecular weight is 244 g/mol. The Morgan fingerprint density at radius 2 is 2.24 bits per heavy atom. The number of hydrogen-bond donors (Lipinski definition) is 1. The number of carbonyl (C=O) groups is 2. The SMILES string of the molecule is CCOC(=O)C1CNCCN1C(=O)C(C)OC. The molecule has 2 atom stereocenters. The Hall–Kier alpha value is -1.14. The van der Waals surface area contributed by atoms with Crippen LogP contribution in [0.1, 0.15) is 13.8 Å². The van der Waals surface area contributed by atoms with Crippen molar-refractivity contribution in [1.29, 1.82) is 0 Å². The number of nitrogens with one attached hydrogen (secondary N) is 1. The molecule has 0 saturated carbocycles. The van der Waals surface area contributed by atoms with Crippen LogP contribution in [0, 0.1) is 0 Å². The summed E-state index contributed by atoms with van der Waals surface area (Å²) in [6.07, 6.45) is -0.537. The Kier molecular flexibility index (Phi) is 5.37. The molecular weight excluding hydrogens is 224 g/mol. The van der Waals surface area contributed by atoms with E-state index < -0.39 is 12.1 Å². The van der Waals surface area contributed by atoms with Crippen molar-refractivity contribution in [3.05, 3.63) is 0 Å². The van der Waals surface area contributed by atoms with Gasteiger partial charge in [-0.05, 0) is 13.8 Å².